The Hall–Kier alpha value is 1.01. The predicted molar refractivity (Wildman–Crippen MR) is 41.2 cm³/mol. The zero-order valence-corrected chi connectivity index (χ0v) is 8.69. The van der Waals surface area contributed by atoms with Gasteiger partial charge in [-0.1, -0.05) is 0 Å². The molecule has 0 aliphatic heterocycles. The Labute approximate surface area is 70.3 Å². The summed E-state index contributed by atoms with van der Waals surface area (Å²) in [4.78, 5) is 0. The normalized spacial score (nSPS) is 6.25. The fourth-order valence-corrected chi connectivity index (χ4v) is 0.196. The molecular formula is C4H3Br2MgO. The van der Waals surface area contributed by atoms with E-state index in [9.17, 15) is 0 Å². The van der Waals surface area contributed by atoms with Gasteiger partial charge in [0.1, 0.15) is 0 Å². The topological polar surface area (TPSA) is 13.1 Å². The predicted octanol–water partition coefficient (Wildman–Crippen LogP) is 2.39. The van der Waals surface area contributed by atoms with Gasteiger partial charge in [0.05, 0.1) is 12.5 Å². The quantitative estimate of drug-likeness (QED) is 0.645. The molecule has 1 radical (unpaired) electrons. The number of hydrogen-bond donors (Lipinski definition) is 0. The molecule has 0 saturated heterocycles. The minimum Gasteiger partial charge on any atom is -0.472 e. The molecule has 0 fully saturated rings. The van der Waals surface area contributed by atoms with Crippen LogP contribution in [-0.4, -0.2) is 16.0 Å². The van der Waals surface area contributed by atoms with E-state index >= 15 is 0 Å². The Morgan fingerprint density at radius 1 is 1.50 bits per heavy atom. The van der Waals surface area contributed by atoms with Gasteiger partial charge in [0, 0.05) is 6.07 Å². The van der Waals surface area contributed by atoms with Crippen molar-refractivity contribution in [3.63, 3.8) is 0 Å². The summed E-state index contributed by atoms with van der Waals surface area (Å²) in [6, 6.07) is 4.40. The van der Waals surface area contributed by atoms with Crippen LogP contribution in [0.4, 0.5) is 0 Å². The van der Waals surface area contributed by atoms with Crippen molar-refractivity contribution in [2.24, 2.45) is 0 Å². The van der Waals surface area contributed by atoms with Crippen LogP contribution in [0.2, 0.25) is 0 Å². The Morgan fingerprint density at radius 3 is 2.25 bits per heavy atom. The lowest BCUT2D eigenvalue weighted by Crippen LogP contribution is -1.31. The largest absolute Gasteiger partial charge is 0.560 e. The Kier molecular flexibility index (Phi) is 9.01. The molecule has 0 atom stereocenters. The van der Waals surface area contributed by atoms with Crippen molar-refractivity contribution >= 4 is 41.8 Å². The summed E-state index contributed by atoms with van der Waals surface area (Å²) in [5, 5.41) is 0. The van der Waals surface area contributed by atoms with E-state index < -0.39 is 0 Å². The zero-order valence-electron chi connectivity index (χ0n) is 4.10. The van der Waals surface area contributed by atoms with Gasteiger partial charge in [-0.15, -0.1) is 0 Å². The molecule has 1 nitrogen and oxygen atoms in total. The number of halogens is 2. The van der Waals surface area contributed by atoms with Crippen LogP contribution in [0.3, 0.4) is 0 Å². The van der Waals surface area contributed by atoms with Crippen molar-refractivity contribution in [2.45, 2.75) is 0 Å². The standard InChI is InChI=1S/C4H3O.2BrH.Mg/c1-2-4-5-3-1;;;/h1,3-4H;2*1H;/q;;;+2/p-2. The SMILES string of the molecule is [Br][Mg][Br].[c]1ccoc1. The molecule has 1 heterocycles. The minimum absolute atomic E-state index is 0.0417. The molecule has 8 heavy (non-hydrogen) atoms. The van der Waals surface area contributed by atoms with Crippen LogP contribution in [0.15, 0.2) is 23.0 Å². The highest BCUT2D eigenvalue weighted by atomic mass is 79.9. The van der Waals surface area contributed by atoms with E-state index in [1.54, 1.807) is 12.3 Å². The number of rotatable bonds is 0. The maximum absolute atomic E-state index is 4.53. The fraction of sp³-hybridized carbons (Fsp3) is 0. The third kappa shape index (κ3) is 7.01. The molecule has 1 rings (SSSR count). The lowest BCUT2D eigenvalue weighted by Gasteiger charge is -1.50. The van der Waals surface area contributed by atoms with Crippen molar-refractivity contribution in [3.05, 3.63) is 24.7 Å². The van der Waals surface area contributed by atoms with Crippen LogP contribution in [0.25, 0.3) is 0 Å². The van der Waals surface area contributed by atoms with Gasteiger partial charge in [0.15, 0.2) is 0 Å². The van der Waals surface area contributed by atoms with Crippen molar-refractivity contribution in [1.29, 1.82) is 0 Å². The summed E-state index contributed by atoms with van der Waals surface area (Å²) in [5.74, 6) is 0. The van der Waals surface area contributed by atoms with Crippen LogP contribution < -0.4 is 0 Å². The second kappa shape index (κ2) is 8.01. The molecule has 0 aromatic carbocycles. The molecule has 1 aromatic heterocycles. The highest BCUT2D eigenvalue weighted by Crippen LogP contribution is 1.78. The zero-order chi connectivity index (χ0) is 6.24. The second-order valence-electron chi connectivity index (χ2n) is 0.824. The molecule has 0 aliphatic rings. The van der Waals surface area contributed by atoms with E-state index in [0.717, 1.165) is 0 Å². The maximum Gasteiger partial charge on any atom is 0.560 e. The maximum atomic E-state index is 4.53. The Balaban J connectivity index is 0.000000145. The minimum atomic E-state index is 0.0417. The Bertz CT molecular complexity index is 80.9. The van der Waals surface area contributed by atoms with Crippen molar-refractivity contribution in [3.8, 4) is 0 Å². The molecule has 0 spiro atoms. The summed E-state index contributed by atoms with van der Waals surface area (Å²) >= 11 is 6.44. The first-order valence-corrected chi connectivity index (χ1v) is 9.71. The summed E-state index contributed by atoms with van der Waals surface area (Å²) in [6.45, 7) is 0. The van der Waals surface area contributed by atoms with E-state index in [2.05, 4.69) is 36.3 Å². The summed E-state index contributed by atoms with van der Waals surface area (Å²) in [6.07, 6.45) is 3.07. The van der Waals surface area contributed by atoms with Gasteiger partial charge in [-0.3, -0.25) is 25.8 Å². The van der Waals surface area contributed by atoms with Crippen molar-refractivity contribution < 1.29 is 4.42 Å². The second-order valence-corrected chi connectivity index (χ2v) is 8.91. The lowest BCUT2D eigenvalue weighted by atomic mass is 10.7. The van der Waals surface area contributed by atoms with Crippen molar-refractivity contribution in [1.82, 2.24) is 0 Å². The van der Waals surface area contributed by atoms with E-state index in [4.69, 9.17) is 0 Å². The monoisotopic (exact) mass is 249 g/mol. The molecule has 0 bridgehead atoms. The van der Waals surface area contributed by atoms with Crippen LogP contribution >= 0.6 is 25.8 Å². The van der Waals surface area contributed by atoms with Gasteiger partial charge < -0.3 is 4.42 Å². The van der Waals surface area contributed by atoms with Crippen LogP contribution in [0.5, 0.6) is 0 Å². The van der Waals surface area contributed by atoms with Gasteiger partial charge in [-0.2, -0.15) is 0 Å². The van der Waals surface area contributed by atoms with E-state index in [1.807, 2.05) is 0 Å². The van der Waals surface area contributed by atoms with E-state index in [1.165, 1.54) is 6.26 Å². The molecule has 0 unspecified atom stereocenters. The number of furan rings is 1. The number of hydrogen-bond acceptors (Lipinski definition) is 1. The smallest absolute Gasteiger partial charge is 0.472 e. The fourth-order valence-electron chi connectivity index (χ4n) is 0.196. The first kappa shape index (κ1) is 9.01. The molecule has 0 amide bonds. The highest BCUT2D eigenvalue weighted by Gasteiger charge is 1.62. The van der Waals surface area contributed by atoms with Crippen LogP contribution in [-0.2, 0) is 0 Å². The third-order valence-corrected chi connectivity index (χ3v) is 0.379. The van der Waals surface area contributed by atoms with Gasteiger partial charge in [0.25, 0.3) is 0 Å². The summed E-state index contributed by atoms with van der Waals surface area (Å²) in [7, 11) is 0. The van der Waals surface area contributed by atoms with Gasteiger partial charge >= 0.3 is 16.0 Å². The first-order chi connectivity index (χ1) is 3.91. The van der Waals surface area contributed by atoms with Crippen LogP contribution in [0.1, 0.15) is 0 Å². The average molecular weight is 251 g/mol. The van der Waals surface area contributed by atoms with Gasteiger partial charge in [0.2, 0.25) is 0 Å². The summed E-state index contributed by atoms with van der Waals surface area (Å²) < 4.78 is 4.53. The Morgan fingerprint density at radius 2 is 2.12 bits per heavy atom. The van der Waals surface area contributed by atoms with E-state index in [-0.39, 0.29) is 16.0 Å². The first-order valence-electron chi connectivity index (χ1n) is 1.92. The molecule has 0 N–H and O–H groups in total. The average Bonchev–Trinajstić information content (AvgIpc) is 2.17. The lowest BCUT2D eigenvalue weighted by molar-refractivity contribution is 0.567. The molecule has 0 saturated carbocycles. The third-order valence-electron chi connectivity index (χ3n) is 0.379. The molecular weight excluding hydrogens is 248 g/mol. The summed E-state index contributed by atoms with van der Waals surface area (Å²) in [5.41, 5.74) is 0. The van der Waals surface area contributed by atoms with Crippen LogP contribution in [0, 0.1) is 6.07 Å². The van der Waals surface area contributed by atoms with Gasteiger partial charge in [-0.25, -0.2) is 0 Å². The van der Waals surface area contributed by atoms with E-state index in [0.29, 0.717) is 0 Å². The molecule has 4 heteroatoms. The molecule has 0 aliphatic carbocycles. The molecule has 1 aromatic rings. The molecule has 41 valence electrons. The van der Waals surface area contributed by atoms with Gasteiger partial charge in [-0.05, 0) is 6.07 Å². The van der Waals surface area contributed by atoms with Crippen molar-refractivity contribution in [2.75, 3.05) is 0 Å². The highest BCUT2D eigenvalue weighted by molar-refractivity contribution is 9.47.